The van der Waals surface area contributed by atoms with Crippen LogP contribution in [0.25, 0.3) is 0 Å². The number of hydrogen-bond acceptors (Lipinski definition) is 3. The maximum absolute atomic E-state index is 10.7. The van der Waals surface area contributed by atoms with E-state index in [-0.39, 0.29) is 28.8 Å². The Balaban J connectivity index is 2.16. The second kappa shape index (κ2) is 4.71. The first-order valence-electron chi connectivity index (χ1n) is 7.65. The summed E-state index contributed by atoms with van der Waals surface area (Å²) in [6.45, 7) is 14.8. The predicted molar refractivity (Wildman–Crippen MR) is 78.2 cm³/mol. The molecule has 0 amide bonds. The van der Waals surface area contributed by atoms with Gasteiger partial charge in [0.25, 0.3) is 0 Å². The van der Waals surface area contributed by atoms with Crippen LogP contribution >= 0.6 is 0 Å². The zero-order valence-electron chi connectivity index (χ0n) is 13.5. The molecule has 0 radical (unpaired) electrons. The molecule has 1 saturated carbocycles. The Morgan fingerprint density at radius 1 is 1.00 bits per heavy atom. The molecule has 0 aromatic rings. The van der Waals surface area contributed by atoms with Crippen LogP contribution in [0.3, 0.4) is 0 Å². The van der Waals surface area contributed by atoms with E-state index in [1.807, 2.05) is 0 Å². The van der Waals surface area contributed by atoms with Gasteiger partial charge in [-0.3, -0.25) is 4.90 Å². The summed E-state index contributed by atoms with van der Waals surface area (Å²) in [5.74, 6) is 0. The van der Waals surface area contributed by atoms with E-state index in [9.17, 15) is 5.11 Å². The summed E-state index contributed by atoms with van der Waals surface area (Å²) in [5, 5.41) is 10.7. The SMILES string of the molecule is CC1(C)CN(C2CCCC(C)(C)C2O)CC(C)(C)O1. The number of hydrogen-bond donors (Lipinski definition) is 1. The highest BCUT2D eigenvalue weighted by atomic mass is 16.5. The van der Waals surface area contributed by atoms with E-state index in [4.69, 9.17) is 4.74 Å². The molecule has 0 spiro atoms. The van der Waals surface area contributed by atoms with Crippen LogP contribution in [0.4, 0.5) is 0 Å². The molecule has 2 aliphatic rings. The normalized spacial score (nSPS) is 38.1. The molecular formula is C16H31NO2. The average Bonchev–Trinajstić information content (AvgIpc) is 2.17. The van der Waals surface area contributed by atoms with Crippen LogP contribution in [0.15, 0.2) is 0 Å². The molecule has 0 aromatic carbocycles. The van der Waals surface area contributed by atoms with Gasteiger partial charge < -0.3 is 9.84 Å². The first kappa shape index (κ1) is 15.3. The van der Waals surface area contributed by atoms with Gasteiger partial charge in [0.05, 0.1) is 17.3 Å². The summed E-state index contributed by atoms with van der Waals surface area (Å²) >= 11 is 0. The van der Waals surface area contributed by atoms with E-state index in [0.29, 0.717) is 0 Å². The maximum atomic E-state index is 10.7. The van der Waals surface area contributed by atoms with Gasteiger partial charge in [0.15, 0.2) is 0 Å². The fraction of sp³-hybridized carbons (Fsp3) is 1.00. The molecule has 0 aromatic heterocycles. The quantitative estimate of drug-likeness (QED) is 0.794. The van der Waals surface area contributed by atoms with E-state index < -0.39 is 0 Å². The summed E-state index contributed by atoms with van der Waals surface area (Å²) in [5.41, 5.74) is -0.234. The summed E-state index contributed by atoms with van der Waals surface area (Å²) in [6, 6.07) is 0.284. The van der Waals surface area contributed by atoms with Gasteiger partial charge in [-0.05, 0) is 46.0 Å². The summed E-state index contributed by atoms with van der Waals surface area (Å²) in [7, 11) is 0. The van der Waals surface area contributed by atoms with Crippen LogP contribution in [0, 0.1) is 5.41 Å². The lowest BCUT2D eigenvalue weighted by Gasteiger charge is -2.53. The molecule has 3 heteroatoms. The van der Waals surface area contributed by atoms with Crippen molar-refractivity contribution >= 4 is 0 Å². The maximum Gasteiger partial charge on any atom is 0.0760 e. The number of rotatable bonds is 1. The molecule has 2 fully saturated rings. The van der Waals surface area contributed by atoms with Crippen LogP contribution in [-0.4, -0.2) is 46.4 Å². The first-order chi connectivity index (χ1) is 8.53. The third kappa shape index (κ3) is 3.32. The molecule has 3 nitrogen and oxygen atoms in total. The lowest BCUT2D eigenvalue weighted by atomic mass is 9.71. The smallest absolute Gasteiger partial charge is 0.0760 e. The van der Waals surface area contributed by atoms with E-state index in [0.717, 1.165) is 25.9 Å². The minimum absolute atomic E-state index is 0.0372. The van der Waals surface area contributed by atoms with Gasteiger partial charge in [0, 0.05) is 19.1 Å². The third-order valence-electron chi connectivity index (χ3n) is 4.68. The molecule has 1 saturated heterocycles. The minimum Gasteiger partial charge on any atom is -0.391 e. The molecule has 2 unspecified atom stereocenters. The summed E-state index contributed by atoms with van der Waals surface area (Å²) < 4.78 is 6.15. The van der Waals surface area contributed by atoms with Crippen molar-refractivity contribution in [2.75, 3.05) is 13.1 Å². The summed E-state index contributed by atoms with van der Waals surface area (Å²) in [4.78, 5) is 2.47. The standard InChI is InChI=1S/C16H31NO2/c1-14(2)9-7-8-12(13(14)18)17-10-15(3,4)19-16(5,6)11-17/h12-13,18H,7-11H2,1-6H3. The van der Waals surface area contributed by atoms with E-state index in [1.165, 1.54) is 6.42 Å². The molecule has 1 N–H and O–H groups in total. The number of aliphatic hydroxyl groups is 1. The van der Waals surface area contributed by atoms with Gasteiger partial charge in [-0.25, -0.2) is 0 Å². The zero-order valence-corrected chi connectivity index (χ0v) is 13.5. The van der Waals surface area contributed by atoms with Crippen LogP contribution in [0.5, 0.6) is 0 Å². The predicted octanol–water partition coefficient (Wildman–Crippen LogP) is 2.82. The van der Waals surface area contributed by atoms with E-state index in [1.54, 1.807) is 0 Å². The number of morpholine rings is 1. The van der Waals surface area contributed by atoms with Crippen molar-refractivity contribution in [3.63, 3.8) is 0 Å². The van der Waals surface area contributed by atoms with Crippen LogP contribution in [-0.2, 0) is 4.74 Å². The van der Waals surface area contributed by atoms with Crippen LogP contribution in [0.2, 0.25) is 0 Å². The van der Waals surface area contributed by atoms with Gasteiger partial charge in [0.1, 0.15) is 0 Å². The summed E-state index contributed by atoms with van der Waals surface area (Å²) in [6.07, 6.45) is 3.22. The van der Waals surface area contributed by atoms with Crippen molar-refractivity contribution in [3.8, 4) is 0 Å². The molecule has 0 bridgehead atoms. The van der Waals surface area contributed by atoms with Gasteiger partial charge >= 0.3 is 0 Å². The number of ether oxygens (including phenoxy) is 1. The molecule has 1 heterocycles. The molecule has 1 aliphatic carbocycles. The Labute approximate surface area is 118 Å². The van der Waals surface area contributed by atoms with Crippen LogP contribution in [0.1, 0.15) is 60.8 Å². The second-order valence-electron chi connectivity index (χ2n) is 8.42. The Kier molecular flexibility index (Phi) is 3.79. The second-order valence-corrected chi connectivity index (χ2v) is 8.42. The number of nitrogens with zero attached hydrogens (tertiary/aromatic N) is 1. The van der Waals surface area contributed by atoms with E-state index in [2.05, 4.69) is 46.4 Å². The van der Waals surface area contributed by atoms with Crippen molar-refractivity contribution in [2.45, 2.75) is 84.2 Å². The lowest BCUT2D eigenvalue weighted by molar-refractivity contribution is -0.201. The lowest BCUT2D eigenvalue weighted by Crippen LogP contribution is -2.63. The highest BCUT2D eigenvalue weighted by Crippen LogP contribution is 2.40. The van der Waals surface area contributed by atoms with Gasteiger partial charge in [-0.2, -0.15) is 0 Å². The molecule has 112 valence electrons. The number of aliphatic hydroxyl groups excluding tert-OH is 1. The Hall–Kier alpha value is -0.120. The molecule has 2 atom stereocenters. The molecule has 19 heavy (non-hydrogen) atoms. The molecule has 2 rings (SSSR count). The Morgan fingerprint density at radius 3 is 2.05 bits per heavy atom. The Bertz CT molecular complexity index is 320. The third-order valence-corrected chi connectivity index (χ3v) is 4.68. The largest absolute Gasteiger partial charge is 0.391 e. The highest BCUT2D eigenvalue weighted by molar-refractivity contribution is 4.98. The van der Waals surface area contributed by atoms with Crippen molar-refractivity contribution in [1.29, 1.82) is 0 Å². The van der Waals surface area contributed by atoms with Gasteiger partial charge in [-0.15, -0.1) is 0 Å². The van der Waals surface area contributed by atoms with Crippen LogP contribution < -0.4 is 0 Å². The fourth-order valence-corrected chi connectivity index (χ4v) is 4.06. The van der Waals surface area contributed by atoms with Crippen molar-refractivity contribution in [3.05, 3.63) is 0 Å². The zero-order chi connectivity index (χ0) is 14.5. The topological polar surface area (TPSA) is 32.7 Å². The fourth-order valence-electron chi connectivity index (χ4n) is 4.06. The molecular weight excluding hydrogens is 238 g/mol. The average molecular weight is 269 g/mol. The van der Waals surface area contributed by atoms with Crippen molar-refractivity contribution in [1.82, 2.24) is 4.90 Å². The first-order valence-corrected chi connectivity index (χ1v) is 7.65. The van der Waals surface area contributed by atoms with E-state index >= 15 is 0 Å². The monoisotopic (exact) mass is 269 g/mol. The van der Waals surface area contributed by atoms with Gasteiger partial charge in [0.2, 0.25) is 0 Å². The van der Waals surface area contributed by atoms with Crippen molar-refractivity contribution in [2.24, 2.45) is 5.41 Å². The molecule has 1 aliphatic heterocycles. The highest BCUT2D eigenvalue weighted by Gasteiger charge is 2.46. The van der Waals surface area contributed by atoms with Gasteiger partial charge in [-0.1, -0.05) is 20.3 Å². The Morgan fingerprint density at radius 2 is 1.53 bits per heavy atom. The van der Waals surface area contributed by atoms with Crippen molar-refractivity contribution < 1.29 is 9.84 Å². The minimum atomic E-state index is -0.231.